The molecule has 0 saturated heterocycles. The van der Waals surface area contributed by atoms with Crippen molar-refractivity contribution in [3.8, 4) is 0 Å². The highest BCUT2D eigenvalue weighted by Crippen LogP contribution is 2.17. The smallest absolute Gasteiger partial charge is 0.357 e. The molecule has 1 N–H and O–H groups in total. The van der Waals surface area contributed by atoms with Crippen LogP contribution in [0.15, 0.2) is 6.20 Å². The first kappa shape index (κ1) is 23.7. The Morgan fingerprint density at radius 1 is 0.852 bits per heavy atom. The Balaban J connectivity index is 1.95. The number of halogens is 1. The lowest BCUT2D eigenvalue weighted by Gasteiger charge is -2.03. The molecule has 1 rings (SSSR count). The average Bonchev–Trinajstić information content (AvgIpc) is 3.03. The van der Waals surface area contributed by atoms with E-state index < -0.39 is 11.8 Å². The summed E-state index contributed by atoms with van der Waals surface area (Å²) in [6.07, 6.45) is 20.7. The minimum absolute atomic E-state index is 0.0442. The quantitative estimate of drug-likeness (QED) is 0.226. The van der Waals surface area contributed by atoms with E-state index >= 15 is 0 Å². The largest absolute Gasteiger partial charge is 0.461 e. The summed E-state index contributed by atoms with van der Waals surface area (Å²) in [5.74, 6) is -1.05. The van der Waals surface area contributed by atoms with Crippen LogP contribution in [0.2, 0.25) is 0 Å². The molecule has 0 fully saturated rings. The van der Waals surface area contributed by atoms with Crippen LogP contribution in [0.5, 0.6) is 0 Å². The zero-order chi connectivity index (χ0) is 19.7. The number of esters is 1. The van der Waals surface area contributed by atoms with Crippen LogP contribution in [0, 0.1) is 5.82 Å². The number of carbonyl (C=O) groups is 1. The maximum absolute atomic E-state index is 14.1. The van der Waals surface area contributed by atoms with E-state index in [0.717, 1.165) is 12.8 Å². The molecule has 1 heterocycles. The van der Waals surface area contributed by atoms with Crippen molar-refractivity contribution in [3.63, 3.8) is 0 Å². The predicted octanol–water partition coefficient (Wildman–Crippen LogP) is 7.35. The number of H-pyrrole nitrogens is 1. The second-order valence-corrected chi connectivity index (χ2v) is 7.57. The first-order valence-electron chi connectivity index (χ1n) is 11.2. The molecule has 0 aliphatic carbocycles. The van der Waals surface area contributed by atoms with Gasteiger partial charge in [0.15, 0.2) is 11.5 Å². The number of carbonyl (C=O) groups excluding carboxylic acids is 1. The summed E-state index contributed by atoms with van der Waals surface area (Å²) in [5.41, 5.74) is 0.550. The third kappa shape index (κ3) is 10.6. The number of aryl methyl sites for hydroxylation is 1. The number of hydrogen-bond donors (Lipinski definition) is 1. The fourth-order valence-corrected chi connectivity index (χ4v) is 3.49. The monoisotopic (exact) mass is 381 g/mol. The molecule has 156 valence electrons. The Morgan fingerprint density at radius 3 is 1.81 bits per heavy atom. The zero-order valence-corrected chi connectivity index (χ0v) is 17.6. The second-order valence-electron chi connectivity index (χ2n) is 7.57. The predicted molar refractivity (Wildman–Crippen MR) is 111 cm³/mol. The van der Waals surface area contributed by atoms with Crippen molar-refractivity contribution in [3.05, 3.63) is 23.3 Å². The topological polar surface area (TPSA) is 42.1 Å². The Labute approximate surface area is 165 Å². The van der Waals surface area contributed by atoms with Crippen molar-refractivity contribution in [1.29, 1.82) is 0 Å². The summed E-state index contributed by atoms with van der Waals surface area (Å²) in [6.45, 7) is 4.24. The molecule has 0 radical (unpaired) electrons. The lowest BCUT2D eigenvalue weighted by atomic mass is 10.0. The molecule has 4 heteroatoms. The third-order valence-corrected chi connectivity index (χ3v) is 5.17. The van der Waals surface area contributed by atoms with Gasteiger partial charge in [-0.25, -0.2) is 9.18 Å². The number of unbranched alkanes of at least 4 members (excludes halogenated alkanes) is 13. The van der Waals surface area contributed by atoms with Crippen molar-refractivity contribution in [2.45, 2.75) is 110 Å². The van der Waals surface area contributed by atoms with E-state index in [1.165, 1.54) is 77.0 Å². The van der Waals surface area contributed by atoms with Crippen LogP contribution in [0.25, 0.3) is 0 Å². The van der Waals surface area contributed by atoms with Gasteiger partial charge in [-0.15, -0.1) is 0 Å². The Morgan fingerprint density at radius 2 is 1.33 bits per heavy atom. The van der Waals surface area contributed by atoms with E-state index in [2.05, 4.69) is 11.9 Å². The lowest BCUT2D eigenvalue weighted by Crippen LogP contribution is -2.07. The van der Waals surface area contributed by atoms with Gasteiger partial charge in [0.2, 0.25) is 0 Å². The fourth-order valence-electron chi connectivity index (χ4n) is 3.49. The number of hydrogen-bond acceptors (Lipinski definition) is 2. The highest BCUT2D eigenvalue weighted by atomic mass is 19.1. The minimum Gasteiger partial charge on any atom is -0.461 e. The molecular formula is C23H40FNO2. The molecule has 0 aromatic carbocycles. The van der Waals surface area contributed by atoms with Crippen molar-refractivity contribution in [2.24, 2.45) is 0 Å². The fraction of sp³-hybridized carbons (Fsp3) is 0.783. The van der Waals surface area contributed by atoms with E-state index in [4.69, 9.17) is 4.74 Å². The van der Waals surface area contributed by atoms with Gasteiger partial charge in [0, 0.05) is 11.8 Å². The molecule has 0 spiro atoms. The van der Waals surface area contributed by atoms with E-state index in [0.29, 0.717) is 12.0 Å². The van der Waals surface area contributed by atoms with Gasteiger partial charge in [-0.2, -0.15) is 0 Å². The summed E-state index contributed by atoms with van der Waals surface area (Å²) in [6, 6.07) is 0. The molecule has 0 aliphatic rings. The SMILES string of the molecule is CCCCCCCCCCCCCCCCc1c[nH]c(C(=O)OCC)c1F. The summed E-state index contributed by atoms with van der Waals surface area (Å²) >= 11 is 0. The number of aromatic amines is 1. The van der Waals surface area contributed by atoms with Crippen LogP contribution in [0.3, 0.4) is 0 Å². The number of aromatic nitrogens is 1. The van der Waals surface area contributed by atoms with Crippen LogP contribution >= 0.6 is 0 Å². The zero-order valence-electron chi connectivity index (χ0n) is 17.6. The summed E-state index contributed by atoms with van der Waals surface area (Å²) in [7, 11) is 0. The molecule has 0 aliphatic heterocycles. The number of nitrogens with one attached hydrogen (secondary N) is 1. The standard InChI is InChI=1S/C23H40FNO2/c1-3-5-6-7-8-9-10-11-12-13-14-15-16-17-18-20-19-25-22(21(20)24)23(26)27-4-2/h19,25H,3-18H2,1-2H3. The van der Waals surface area contributed by atoms with Crippen molar-refractivity contribution < 1.29 is 13.9 Å². The minimum atomic E-state index is -0.609. The maximum atomic E-state index is 14.1. The van der Waals surface area contributed by atoms with E-state index in [1.54, 1.807) is 13.1 Å². The molecule has 3 nitrogen and oxygen atoms in total. The van der Waals surface area contributed by atoms with Crippen LogP contribution in [-0.2, 0) is 11.2 Å². The number of ether oxygens (including phenoxy) is 1. The van der Waals surface area contributed by atoms with Crippen molar-refractivity contribution in [2.75, 3.05) is 6.61 Å². The Bertz CT molecular complexity index is 499. The Kier molecular flexibility index (Phi) is 13.8. The van der Waals surface area contributed by atoms with Gasteiger partial charge in [0.25, 0.3) is 0 Å². The van der Waals surface area contributed by atoms with E-state index in [-0.39, 0.29) is 12.3 Å². The molecule has 0 bridgehead atoms. The normalized spacial score (nSPS) is 11.1. The maximum Gasteiger partial charge on any atom is 0.357 e. The Hall–Kier alpha value is -1.32. The molecule has 0 saturated carbocycles. The highest BCUT2D eigenvalue weighted by Gasteiger charge is 2.18. The van der Waals surface area contributed by atoms with Gasteiger partial charge >= 0.3 is 5.97 Å². The number of rotatable bonds is 17. The van der Waals surface area contributed by atoms with Gasteiger partial charge < -0.3 is 9.72 Å². The van der Waals surface area contributed by atoms with Crippen LogP contribution in [0.1, 0.15) is 120 Å². The first-order chi connectivity index (χ1) is 13.2. The van der Waals surface area contributed by atoms with Gasteiger partial charge in [0.1, 0.15) is 0 Å². The van der Waals surface area contributed by atoms with Crippen molar-refractivity contribution >= 4 is 5.97 Å². The first-order valence-corrected chi connectivity index (χ1v) is 11.2. The van der Waals surface area contributed by atoms with E-state index in [1.807, 2.05) is 0 Å². The van der Waals surface area contributed by atoms with E-state index in [9.17, 15) is 9.18 Å². The van der Waals surface area contributed by atoms with Gasteiger partial charge in [-0.3, -0.25) is 0 Å². The molecule has 27 heavy (non-hydrogen) atoms. The van der Waals surface area contributed by atoms with Gasteiger partial charge in [-0.05, 0) is 19.8 Å². The molecule has 0 atom stereocenters. The second kappa shape index (κ2) is 15.7. The lowest BCUT2D eigenvalue weighted by molar-refractivity contribution is 0.0514. The van der Waals surface area contributed by atoms with Gasteiger partial charge in [0.05, 0.1) is 6.61 Å². The third-order valence-electron chi connectivity index (χ3n) is 5.17. The highest BCUT2D eigenvalue weighted by molar-refractivity contribution is 5.88. The molecular weight excluding hydrogens is 341 g/mol. The van der Waals surface area contributed by atoms with Crippen LogP contribution in [0.4, 0.5) is 4.39 Å². The van der Waals surface area contributed by atoms with Gasteiger partial charge in [-0.1, -0.05) is 90.4 Å². The summed E-state index contributed by atoms with van der Waals surface area (Å²) in [4.78, 5) is 14.3. The summed E-state index contributed by atoms with van der Waals surface area (Å²) in [5, 5.41) is 0. The molecule has 0 amide bonds. The van der Waals surface area contributed by atoms with Crippen molar-refractivity contribution in [1.82, 2.24) is 4.98 Å². The molecule has 1 aromatic rings. The van der Waals surface area contributed by atoms with Crippen LogP contribution in [-0.4, -0.2) is 17.6 Å². The summed E-state index contributed by atoms with van der Waals surface area (Å²) < 4.78 is 19.0. The molecule has 1 aromatic heterocycles. The van der Waals surface area contributed by atoms with Crippen LogP contribution < -0.4 is 0 Å². The average molecular weight is 382 g/mol. The molecule has 0 unspecified atom stereocenters.